The third-order valence-electron chi connectivity index (χ3n) is 5.75. The maximum absolute atomic E-state index is 12.3. The second kappa shape index (κ2) is 10.4. The Morgan fingerprint density at radius 2 is 1.88 bits per heavy atom. The van der Waals surface area contributed by atoms with Gasteiger partial charge >= 0.3 is 11.9 Å². The van der Waals surface area contributed by atoms with Crippen molar-refractivity contribution in [2.45, 2.75) is 40.3 Å². The highest BCUT2D eigenvalue weighted by Gasteiger charge is 2.25. The lowest BCUT2D eigenvalue weighted by molar-refractivity contribution is -0.150. The summed E-state index contributed by atoms with van der Waals surface area (Å²) in [5.41, 5.74) is 4.81. The van der Waals surface area contributed by atoms with Crippen molar-refractivity contribution in [2.24, 2.45) is 5.92 Å². The Kier molecular flexibility index (Phi) is 7.59. The molecule has 0 N–H and O–H groups in total. The van der Waals surface area contributed by atoms with Gasteiger partial charge in [0.1, 0.15) is 12.4 Å². The Morgan fingerprint density at radius 1 is 1.12 bits per heavy atom. The zero-order valence-corrected chi connectivity index (χ0v) is 19.9. The van der Waals surface area contributed by atoms with E-state index in [1.54, 1.807) is 12.1 Å². The fourth-order valence-electron chi connectivity index (χ4n) is 3.82. The number of fused-ring (bicyclic) bond motifs is 1. The molecule has 0 fully saturated rings. The van der Waals surface area contributed by atoms with Gasteiger partial charge in [0.25, 0.3) is 0 Å². The first-order chi connectivity index (χ1) is 15.8. The van der Waals surface area contributed by atoms with Crippen LogP contribution in [0.3, 0.4) is 0 Å². The molecule has 1 heterocycles. The molecule has 1 aromatic heterocycles. The molecule has 0 aliphatic heterocycles. The third kappa shape index (κ3) is 5.28. The number of ether oxygens (including phenoxy) is 3. The zero-order valence-electron chi connectivity index (χ0n) is 19.9. The minimum absolute atomic E-state index is 0.0215. The van der Waals surface area contributed by atoms with E-state index in [1.165, 1.54) is 7.11 Å². The summed E-state index contributed by atoms with van der Waals surface area (Å²) in [7, 11) is 1.37. The highest BCUT2D eigenvalue weighted by Crippen LogP contribution is 2.28. The van der Waals surface area contributed by atoms with E-state index in [0.29, 0.717) is 17.9 Å². The number of hydrogen-bond donors (Lipinski definition) is 0. The second-order valence-electron chi connectivity index (χ2n) is 8.37. The molecule has 0 amide bonds. The van der Waals surface area contributed by atoms with E-state index in [0.717, 1.165) is 27.7 Å². The molecule has 3 rings (SSSR count). The lowest BCUT2D eigenvalue weighted by Crippen LogP contribution is -2.33. The highest BCUT2D eigenvalue weighted by molar-refractivity contribution is 5.96. The first-order valence-electron chi connectivity index (χ1n) is 11.0. The Morgan fingerprint density at radius 3 is 2.55 bits per heavy atom. The summed E-state index contributed by atoms with van der Waals surface area (Å²) in [5, 5.41) is 1.01. The van der Waals surface area contributed by atoms with Gasteiger partial charge in [-0.05, 0) is 55.3 Å². The fraction of sp³-hybridized carbons (Fsp3) is 0.333. The summed E-state index contributed by atoms with van der Waals surface area (Å²) < 4.78 is 18.2. The summed E-state index contributed by atoms with van der Waals surface area (Å²) in [6.07, 6.45) is 0.884. The van der Waals surface area contributed by atoms with Crippen molar-refractivity contribution in [3.63, 3.8) is 0 Å². The fourth-order valence-corrected chi connectivity index (χ4v) is 3.82. The van der Waals surface area contributed by atoms with Crippen LogP contribution in [-0.4, -0.2) is 36.3 Å². The summed E-state index contributed by atoms with van der Waals surface area (Å²) in [6, 6.07) is 13.3. The van der Waals surface area contributed by atoms with E-state index in [4.69, 9.17) is 14.2 Å². The first kappa shape index (κ1) is 24.1. The zero-order chi connectivity index (χ0) is 24.1. The predicted molar refractivity (Wildman–Crippen MR) is 129 cm³/mol. The summed E-state index contributed by atoms with van der Waals surface area (Å²) in [6.45, 7) is 12.3. The number of aryl methyl sites for hydroxylation is 1. The topological polar surface area (TPSA) is 66.8 Å². The van der Waals surface area contributed by atoms with Crippen molar-refractivity contribution in [3.05, 3.63) is 77.5 Å². The Bertz CT molecular complexity index is 1170. The predicted octanol–water partition coefficient (Wildman–Crippen LogP) is 5.23. The van der Waals surface area contributed by atoms with Crippen LogP contribution in [0.2, 0.25) is 0 Å². The number of carbonyl (C=O) groups is 2. The minimum atomic E-state index is -0.666. The van der Waals surface area contributed by atoms with E-state index < -0.39 is 6.10 Å². The van der Waals surface area contributed by atoms with Crippen molar-refractivity contribution >= 4 is 22.8 Å². The van der Waals surface area contributed by atoms with Crippen LogP contribution in [0.1, 0.15) is 41.0 Å². The van der Waals surface area contributed by atoms with Crippen LogP contribution in [-0.2, 0) is 20.8 Å². The molecule has 0 unspecified atom stereocenters. The molecular weight excluding hydrogens is 418 g/mol. The molecular formula is C27H31NO5. The highest BCUT2D eigenvalue weighted by atomic mass is 16.6. The number of benzene rings is 2. The molecule has 2 aromatic carbocycles. The Hall–Kier alpha value is -3.54. The number of esters is 2. The molecule has 0 saturated carbocycles. The Balaban J connectivity index is 1.90. The van der Waals surface area contributed by atoms with Gasteiger partial charge in [0.2, 0.25) is 0 Å². The van der Waals surface area contributed by atoms with Gasteiger partial charge in [-0.2, -0.15) is 0 Å². The van der Waals surface area contributed by atoms with E-state index in [1.807, 2.05) is 50.2 Å². The number of hydrogen-bond acceptors (Lipinski definition) is 5. The van der Waals surface area contributed by atoms with Gasteiger partial charge in [0.15, 0.2) is 6.10 Å². The molecule has 6 nitrogen and oxygen atoms in total. The van der Waals surface area contributed by atoms with E-state index in [9.17, 15) is 9.59 Å². The average Bonchev–Trinajstić information content (AvgIpc) is 3.04. The number of rotatable bonds is 9. The average molecular weight is 450 g/mol. The van der Waals surface area contributed by atoms with Crippen molar-refractivity contribution < 1.29 is 23.8 Å². The molecule has 3 aromatic rings. The molecule has 0 aliphatic carbocycles. The molecule has 0 radical (unpaired) electrons. The molecule has 174 valence electrons. The second-order valence-corrected chi connectivity index (χ2v) is 8.37. The van der Waals surface area contributed by atoms with Gasteiger partial charge in [0, 0.05) is 29.1 Å². The summed E-state index contributed by atoms with van der Waals surface area (Å²) in [4.78, 5) is 24.3. The third-order valence-corrected chi connectivity index (χ3v) is 5.75. The largest absolute Gasteiger partial charge is 0.478 e. The van der Waals surface area contributed by atoms with Crippen LogP contribution in [0.4, 0.5) is 0 Å². The summed E-state index contributed by atoms with van der Waals surface area (Å²) >= 11 is 0. The quantitative estimate of drug-likeness (QED) is 0.331. The van der Waals surface area contributed by atoms with Gasteiger partial charge in [-0.25, -0.2) is 9.59 Å². The van der Waals surface area contributed by atoms with Crippen LogP contribution >= 0.6 is 0 Å². The molecule has 0 aliphatic rings. The molecule has 1 atom stereocenters. The van der Waals surface area contributed by atoms with Gasteiger partial charge in [-0.3, -0.25) is 0 Å². The smallest absolute Gasteiger partial charge is 0.347 e. The molecule has 0 bridgehead atoms. The van der Waals surface area contributed by atoms with Crippen molar-refractivity contribution in [1.29, 1.82) is 0 Å². The first-order valence-corrected chi connectivity index (χ1v) is 11.0. The van der Waals surface area contributed by atoms with Crippen LogP contribution < -0.4 is 4.74 Å². The Labute approximate surface area is 194 Å². The van der Waals surface area contributed by atoms with E-state index in [2.05, 4.69) is 25.0 Å². The lowest BCUT2D eigenvalue weighted by Gasteiger charge is -2.20. The normalized spacial score (nSPS) is 11.9. The lowest BCUT2D eigenvalue weighted by atomic mass is 10.1. The van der Waals surface area contributed by atoms with Crippen molar-refractivity contribution in [2.75, 3.05) is 13.7 Å². The van der Waals surface area contributed by atoms with Gasteiger partial charge in [0.05, 0.1) is 12.7 Å². The summed E-state index contributed by atoms with van der Waals surface area (Å²) in [5.74, 6) is -0.154. The van der Waals surface area contributed by atoms with Crippen molar-refractivity contribution in [3.8, 4) is 5.75 Å². The number of aromatic nitrogens is 1. The SMILES string of the molecule is C=CCOC(=O)c1ccc2c(c1)c(C)c(C)n2Cc1cccc(O[C@H](C(=O)OC)C(C)C)c1. The molecule has 33 heavy (non-hydrogen) atoms. The van der Waals surface area contributed by atoms with Crippen LogP contribution in [0.5, 0.6) is 5.75 Å². The minimum Gasteiger partial charge on any atom is -0.478 e. The maximum Gasteiger partial charge on any atom is 0.347 e. The van der Waals surface area contributed by atoms with Crippen LogP contribution in [0, 0.1) is 19.8 Å². The van der Waals surface area contributed by atoms with Crippen molar-refractivity contribution in [1.82, 2.24) is 4.57 Å². The van der Waals surface area contributed by atoms with Crippen LogP contribution in [0.25, 0.3) is 10.9 Å². The standard InChI is InChI=1S/C27H31NO5/c1-7-13-32-26(29)21-11-12-24-23(15-21)18(4)19(5)28(24)16-20-9-8-10-22(14-20)33-25(17(2)3)27(30)31-6/h7-12,14-15,17,25H,1,13,16H2,2-6H3/t25-/m0/s1. The van der Waals surface area contributed by atoms with E-state index in [-0.39, 0.29) is 24.5 Å². The van der Waals surface area contributed by atoms with Gasteiger partial charge in [-0.15, -0.1) is 0 Å². The van der Waals surface area contributed by atoms with Gasteiger partial charge < -0.3 is 18.8 Å². The monoisotopic (exact) mass is 449 g/mol. The number of methoxy groups -OCH3 is 1. The molecule has 0 spiro atoms. The number of carbonyl (C=O) groups excluding carboxylic acids is 2. The van der Waals surface area contributed by atoms with Crippen LogP contribution in [0.15, 0.2) is 55.1 Å². The van der Waals surface area contributed by atoms with E-state index >= 15 is 0 Å². The molecule has 6 heteroatoms. The maximum atomic E-state index is 12.3. The molecule has 0 saturated heterocycles. The number of nitrogens with zero attached hydrogens (tertiary/aromatic N) is 1. The van der Waals surface area contributed by atoms with Gasteiger partial charge in [-0.1, -0.05) is 38.6 Å².